The number of aliphatic carboxylic acids is 4. The van der Waals surface area contributed by atoms with Crippen molar-refractivity contribution < 1.29 is 68.8 Å². The largest absolute Gasteiger partial charge is 0.539 e. The van der Waals surface area contributed by atoms with E-state index in [-0.39, 0.29) is 29.2 Å². The molecule has 0 unspecified atom stereocenters. The summed E-state index contributed by atoms with van der Waals surface area (Å²) in [5, 5.41) is 31.1. The van der Waals surface area contributed by atoms with Crippen molar-refractivity contribution in [2.45, 2.75) is 0 Å². The summed E-state index contributed by atoms with van der Waals surface area (Å²) in [6.07, 6.45) is 0. The molecule has 9 heteroatoms. The van der Waals surface area contributed by atoms with E-state index in [4.69, 9.17) is 39.6 Å². The van der Waals surface area contributed by atoms with Gasteiger partial charge in [-0.3, -0.25) is 0 Å². The second-order valence-corrected chi connectivity index (χ2v) is 1.20. The summed E-state index contributed by atoms with van der Waals surface area (Å²) in [6.45, 7) is 0. The van der Waals surface area contributed by atoms with E-state index in [1.165, 1.54) is 0 Å². The minimum Gasteiger partial charge on any atom is -0.539 e. The Bertz CT molecular complexity index is 172. The van der Waals surface area contributed by atoms with E-state index in [0.717, 1.165) is 0 Å². The van der Waals surface area contributed by atoms with Crippen molar-refractivity contribution in [3.05, 3.63) is 0 Å². The van der Waals surface area contributed by atoms with Gasteiger partial charge in [-0.05, 0) is 0 Å². The molecule has 0 fully saturated rings. The Labute approximate surface area is 92.7 Å². The predicted molar refractivity (Wildman–Crippen MR) is 27.9 cm³/mol. The van der Waals surface area contributed by atoms with Crippen LogP contribution in [0.1, 0.15) is 0 Å². The van der Waals surface area contributed by atoms with Crippen LogP contribution in [-0.2, 0) is 19.2 Å². The Morgan fingerprint density at radius 1 is 0.769 bits per heavy atom. The number of carbonyl (C=O) groups excluding carboxylic acids is 1. The van der Waals surface area contributed by atoms with Gasteiger partial charge in [-0.25, -0.2) is 14.4 Å². The van der Waals surface area contributed by atoms with E-state index in [2.05, 4.69) is 0 Å². The van der Waals surface area contributed by atoms with Crippen molar-refractivity contribution in [1.82, 2.24) is 0 Å². The maximum Gasteiger partial charge on any atom is 0.414 e. The third-order valence-corrected chi connectivity index (χ3v) is 0.358. The summed E-state index contributed by atoms with van der Waals surface area (Å²) in [5.74, 6) is -7.66. The van der Waals surface area contributed by atoms with Crippen molar-refractivity contribution in [3.63, 3.8) is 0 Å². The van der Waals surface area contributed by atoms with Crippen molar-refractivity contribution in [2.24, 2.45) is 0 Å². The quantitative estimate of drug-likeness (QED) is 0.348. The number of rotatable bonds is 0. The number of hydrogen-bond donors (Lipinski definition) is 3. The molecule has 3 N–H and O–H groups in total. The first-order valence-electron chi connectivity index (χ1n) is 2.19. The molecule has 0 heterocycles. The van der Waals surface area contributed by atoms with Crippen LogP contribution >= 0.6 is 0 Å². The van der Waals surface area contributed by atoms with Crippen LogP contribution < -0.4 is 5.11 Å². The van der Waals surface area contributed by atoms with Crippen LogP contribution in [0.2, 0.25) is 0 Å². The van der Waals surface area contributed by atoms with Gasteiger partial charge in [-0.1, -0.05) is 0 Å². The molecule has 8 nitrogen and oxygen atoms in total. The van der Waals surface area contributed by atoms with Crippen LogP contribution in [0.15, 0.2) is 0 Å². The fraction of sp³-hybridized carbons (Fsp3) is 0. The van der Waals surface area contributed by atoms with Gasteiger partial charge in [0.2, 0.25) is 0 Å². The number of carboxylic acids is 4. The van der Waals surface area contributed by atoms with Gasteiger partial charge in [0.1, 0.15) is 0 Å². The summed E-state index contributed by atoms with van der Waals surface area (Å²) < 4.78 is 0. The second kappa shape index (κ2) is 8.96. The summed E-state index contributed by atoms with van der Waals surface area (Å²) in [6, 6.07) is 0. The van der Waals surface area contributed by atoms with E-state index >= 15 is 0 Å². The van der Waals surface area contributed by atoms with Gasteiger partial charge >= 0.3 is 17.9 Å². The average molecular weight is 423 g/mol. The molecule has 0 radical (unpaired) electrons. The average Bonchev–Trinajstić information content (AvgIpc) is 1.88. The molecule has 0 amide bonds. The Balaban J connectivity index is -0.000000143. The third kappa shape index (κ3) is 18.1. The van der Waals surface area contributed by atoms with Crippen LogP contribution in [0.3, 0.4) is 0 Å². The Morgan fingerprint density at radius 3 is 0.923 bits per heavy atom. The van der Waals surface area contributed by atoms with Crippen molar-refractivity contribution >= 4 is 23.9 Å². The van der Waals surface area contributed by atoms with Crippen LogP contribution in [0, 0.1) is 29.2 Å². The maximum absolute atomic E-state index is 9.10. The van der Waals surface area contributed by atoms with Crippen LogP contribution in [-0.4, -0.2) is 39.2 Å². The van der Waals surface area contributed by atoms with E-state index in [1.54, 1.807) is 0 Å². The summed E-state index contributed by atoms with van der Waals surface area (Å²) in [4.78, 5) is 36.2. The molecule has 0 spiro atoms. The van der Waals surface area contributed by atoms with Crippen LogP contribution in [0.5, 0.6) is 0 Å². The Hall–Kier alpha value is -1.13. The monoisotopic (exact) mass is 417 g/mol. The van der Waals surface area contributed by atoms with Crippen LogP contribution in [0.25, 0.3) is 0 Å². The number of hydrogen-bond acceptors (Lipinski definition) is 5. The van der Waals surface area contributed by atoms with Crippen molar-refractivity contribution in [3.8, 4) is 0 Å². The van der Waals surface area contributed by atoms with E-state index in [0.29, 0.717) is 0 Å². The van der Waals surface area contributed by atoms with Gasteiger partial charge in [-0.15, -0.1) is 0 Å². The molecule has 0 saturated carbocycles. The van der Waals surface area contributed by atoms with Gasteiger partial charge in [0.05, 0.1) is 0 Å². The molecule has 0 bridgehead atoms. The number of carboxylic acid groups (broad SMARTS) is 4. The molecule has 0 saturated heterocycles. The van der Waals surface area contributed by atoms with Crippen LogP contribution in [0.4, 0.5) is 0 Å². The standard InChI is InChI=1S/2C2H2O4.Pu/c2*3-1(4)2(5)6;/h2*(H,3,4)(H,5,6);/p-1. The Morgan fingerprint density at radius 2 is 0.923 bits per heavy atom. The van der Waals surface area contributed by atoms with Gasteiger partial charge in [0.25, 0.3) is 0 Å². The first kappa shape index (κ1) is 17.8. The summed E-state index contributed by atoms with van der Waals surface area (Å²) >= 11 is 0. The zero-order valence-electron chi connectivity index (χ0n) is 5.79. The summed E-state index contributed by atoms with van der Waals surface area (Å²) in [5.41, 5.74) is 0. The minimum atomic E-state index is -2.07. The molecule has 0 aliphatic heterocycles. The second-order valence-electron chi connectivity index (χ2n) is 1.20. The van der Waals surface area contributed by atoms with Gasteiger partial charge < -0.3 is 25.2 Å². The number of carbonyl (C=O) groups is 4. The fourth-order valence-electron chi connectivity index (χ4n) is 0. The molecule has 13 heavy (non-hydrogen) atoms. The molecule has 0 aromatic rings. The predicted octanol–water partition coefficient (Wildman–Crippen LogP) is -3.02. The SMILES string of the molecule is O=C(O)C(=O)O.O=C([O-])C(=O)O.[Pu]. The summed E-state index contributed by atoms with van der Waals surface area (Å²) in [7, 11) is 0. The third-order valence-electron chi connectivity index (χ3n) is 0.358. The molecule has 0 aromatic carbocycles. The first-order chi connectivity index (χ1) is 5.29. The van der Waals surface area contributed by atoms with E-state index in [9.17, 15) is 0 Å². The zero-order chi connectivity index (χ0) is 10.3. The minimum absolute atomic E-state index is 0. The molecule has 0 atom stereocenters. The molecule has 74 valence electrons. The van der Waals surface area contributed by atoms with Gasteiger partial charge in [0, 0.05) is 29.2 Å². The molecule has 0 aliphatic rings. The molecule has 0 aliphatic carbocycles. The molecule has 0 rings (SSSR count). The molecule has 0 aromatic heterocycles. The van der Waals surface area contributed by atoms with Gasteiger partial charge in [-0.2, -0.15) is 0 Å². The Kier molecular flexibility index (Phi) is 12.3. The zero-order valence-corrected chi connectivity index (χ0v) is 9.19. The maximum atomic E-state index is 9.10. The van der Waals surface area contributed by atoms with Crippen molar-refractivity contribution in [2.75, 3.05) is 0 Å². The molecular formula is C4H3O8Pu-. The fourth-order valence-corrected chi connectivity index (χ4v) is 0. The van der Waals surface area contributed by atoms with Crippen molar-refractivity contribution in [1.29, 1.82) is 0 Å². The smallest absolute Gasteiger partial charge is 0.414 e. The van der Waals surface area contributed by atoms with E-state index < -0.39 is 23.9 Å². The van der Waals surface area contributed by atoms with Gasteiger partial charge in [0.15, 0.2) is 5.97 Å². The molecular weight excluding hydrogens is 420 g/mol. The van der Waals surface area contributed by atoms with E-state index in [1.807, 2.05) is 0 Å². The normalized spacial score (nSPS) is 6.77. The first-order valence-corrected chi connectivity index (χ1v) is 2.19. The topological polar surface area (TPSA) is 152 Å².